The smallest absolute Gasteiger partial charge is 0.231 e. The van der Waals surface area contributed by atoms with E-state index in [9.17, 15) is 4.79 Å². The molecule has 1 aliphatic heterocycles. The molecule has 1 amide bonds. The Morgan fingerprint density at radius 1 is 1.33 bits per heavy atom. The summed E-state index contributed by atoms with van der Waals surface area (Å²) in [6.45, 7) is 0.614. The zero-order chi connectivity index (χ0) is 12.7. The average molecular weight is 343 g/mol. The second-order valence-electron chi connectivity index (χ2n) is 4.14. The zero-order valence-electron chi connectivity index (χ0n) is 9.32. The largest absolute Gasteiger partial charge is 0.307 e. The Balaban J connectivity index is 1.93. The number of fused-ring (bicyclic) bond motifs is 1. The number of nitrogens with zero attached hydrogens (tertiary/aromatic N) is 1. The van der Waals surface area contributed by atoms with Crippen LogP contribution in [0, 0.1) is 0 Å². The Labute approximate surface area is 122 Å². The molecule has 0 radical (unpaired) electrons. The van der Waals surface area contributed by atoms with Gasteiger partial charge in [0.05, 0.1) is 16.8 Å². The highest BCUT2D eigenvalue weighted by molar-refractivity contribution is 9.11. The van der Waals surface area contributed by atoms with Gasteiger partial charge in [-0.2, -0.15) is 0 Å². The summed E-state index contributed by atoms with van der Waals surface area (Å²) in [4.78, 5) is 15.0. The first kappa shape index (κ1) is 12.2. The summed E-state index contributed by atoms with van der Waals surface area (Å²) in [5, 5.41) is 0.667. The summed E-state index contributed by atoms with van der Waals surface area (Å²) in [6.07, 6.45) is 0.471. The molecule has 0 saturated heterocycles. The van der Waals surface area contributed by atoms with Crippen molar-refractivity contribution >= 4 is 50.5 Å². The van der Waals surface area contributed by atoms with Crippen molar-refractivity contribution in [2.45, 2.75) is 13.0 Å². The fraction of sp³-hybridized carbons (Fsp3) is 0.154. The van der Waals surface area contributed by atoms with Crippen LogP contribution in [0.2, 0.25) is 5.02 Å². The van der Waals surface area contributed by atoms with E-state index in [1.54, 1.807) is 16.2 Å². The number of halogens is 2. The Bertz CT molecular complexity index is 625. The first-order valence-electron chi connectivity index (χ1n) is 5.46. The third-order valence-electron chi connectivity index (χ3n) is 2.92. The van der Waals surface area contributed by atoms with E-state index in [0.29, 0.717) is 18.0 Å². The molecule has 1 aliphatic rings. The lowest BCUT2D eigenvalue weighted by atomic mass is 10.2. The van der Waals surface area contributed by atoms with E-state index in [1.807, 2.05) is 30.3 Å². The Morgan fingerprint density at radius 3 is 2.89 bits per heavy atom. The van der Waals surface area contributed by atoms with Gasteiger partial charge in [-0.25, -0.2) is 0 Å². The van der Waals surface area contributed by atoms with Gasteiger partial charge in [0.15, 0.2) is 0 Å². The summed E-state index contributed by atoms with van der Waals surface area (Å²) in [7, 11) is 0. The minimum absolute atomic E-state index is 0.136. The van der Waals surface area contributed by atoms with Gasteiger partial charge in [0.25, 0.3) is 0 Å². The summed E-state index contributed by atoms with van der Waals surface area (Å²) in [5.74, 6) is 0.136. The summed E-state index contributed by atoms with van der Waals surface area (Å²) >= 11 is 11.1. The van der Waals surface area contributed by atoms with Crippen molar-refractivity contribution in [3.8, 4) is 0 Å². The van der Waals surface area contributed by atoms with Crippen molar-refractivity contribution in [3.05, 3.63) is 49.6 Å². The molecule has 0 saturated carbocycles. The van der Waals surface area contributed by atoms with Gasteiger partial charge in [-0.15, -0.1) is 11.3 Å². The monoisotopic (exact) mass is 341 g/mol. The van der Waals surface area contributed by atoms with E-state index in [4.69, 9.17) is 11.6 Å². The second kappa shape index (κ2) is 4.68. The fourth-order valence-electron chi connectivity index (χ4n) is 2.10. The Hall–Kier alpha value is -0.840. The highest BCUT2D eigenvalue weighted by atomic mass is 79.9. The number of benzene rings is 1. The van der Waals surface area contributed by atoms with Gasteiger partial charge in [-0.05, 0) is 45.8 Å². The summed E-state index contributed by atoms with van der Waals surface area (Å²) in [5.41, 5.74) is 2.00. The number of hydrogen-bond acceptors (Lipinski definition) is 2. The lowest BCUT2D eigenvalue weighted by Gasteiger charge is -2.16. The average Bonchev–Trinajstić information content (AvgIpc) is 2.86. The van der Waals surface area contributed by atoms with Crippen molar-refractivity contribution in [1.82, 2.24) is 0 Å². The maximum absolute atomic E-state index is 12.0. The lowest BCUT2D eigenvalue weighted by molar-refractivity contribution is -0.117. The molecule has 0 fully saturated rings. The molecule has 1 aromatic heterocycles. The van der Waals surface area contributed by atoms with E-state index in [-0.39, 0.29) is 5.91 Å². The fourth-order valence-corrected chi connectivity index (χ4v) is 3.73. The summed E-state index contributed by atoms with van der Waals surface area (Å²) in [6, 6.07) is 9.66. The highest BCUT2D eigenvalue weighted by Crippen LogP contribution is 2.34. The third kappa shape index (κ3) is 2.20. The van der Waals surface area contributed by atoms with Crippen LogP contribution < -0.4 is 4.90 Å². The Kier molecular flexibility index (Phi) is 3.18. The number of amides is 1. The SMILES string of the molecule is O=C1Cc2ccc(Cl)cc2N1Cc1ccc(Br)s1. The van der Waals surface area contributed by atoms with Crippen molar-refractivity contribution in [2.75, 3.05) is 4.90 Å². The molecule has 5 heteroatoms. The van der Waals surface area contributed by atoms with Crippen LogP contribution in [-0.2, 0) is 17.8 Å². The van der Waals surface area contributed by atoms with Gasteiger partial charge in [0, 0.05) is 15.6 Å². The predicted octanol–water partition coefficient (Wildman–Crippen LogP) is 4.25. The molecule has 2 aromatic rings. The highest BCUT2D eigenvalue weighted by Gasteiger charge is 2.27. The van der Waals surface area contributed by atoms with Crippen LogP contribution in [0.5, 0.6) is 0 Å². The number of carbonyl (C=O) groups is 1. The minimum atomic E-state index is 0.136. The van der Waals surface area contributed by atoms with Crippen molar-refractivity contribution in [3.63, 3.8) is 0 Å². The third-order valence-corrected chi connectivity index (χ3v) is 4.77. The molecule has 0 aliphatic carbocycles. The molecular weight excluding hydrogens is 334 g/mol. The molecule has 92 valence electrons. The van der Waals surface area contributed by atoms with Crippen LogP contribution in [0.25, 0.3) is 0 Å². The topological polar surface area (TPSA) is 20.3 Å². The second-order valence-corrected chi connectivity index (χ2v) is 7.12. The predicted molar refractivity (Wildman–Crippen MR) is 78.4 cm³/mol. The molecule has 2 heterocycles. The molecule has 3 rings (SSSR count). The van der Waals surface area contributed by atoms with E-state index >= 15 is 0 Å². The molecule has 0 atom stereocenters. The number of carbonyl (C=O) groups excluding carboxylic acids is 1. The standard InChI is InChI=1S/C13H9BrClNOS/c14-12-4-3-10(18-12)7-16-11-6-9(15)2-1-8(11)5-13(16)17/h1-4,6H,5,7H2. The maximum atomic E-state index is 12.0. The first-order valence-corrected chi connectivity index (χ1v) is 7.45. The lowest BCUT2D eigenvalue weighted by Crippen LogP contribution is -2.25. The van der Waals surface area contributed by atoms with Crippen LogP contribution in [0.1, 0.15) is 10.4 Å². The van der Waals surface area contributed by atoms with Crippen molar-refractivity contribution < 1.29 is 4.79 Å². The normalized spacial score (nSPS) is 14.1. The number of thiophene rings is 1. The van der Waals surface area contributed by atoms with Gasteiger partial charge < -0.3 is 4.90 Å². The van der Waals surface area contributed by atoms with Gasteiger partial charge in [0.2, 0.25) is 5.91 Å². The van der Waals surface area contributed by atoms with E-state index in [1.165, 1.54) is 0 Å². The number of rotatable bonds is 2. The molecule has 18 heavy (non-hydrogen) atoms. The summed E-state index contributed by atoms with van der Waals surface area (Å²) < 4.78 is 1.08. The van der Waals surface area contributed by atoms with E-state index < -0.39 is 0 Å². The minimum Gasteiger partial charge on any atom is -0.307 e. The molecular formula is C13H9BrClNOS. The number of anilines is 1. The van der Waals surface area contributed by atoms with Gasteiger partial charge in [0.1, 0.15) is 0 Å². The molecule has 0 bridgehead atoms. The molecule has 2 nitrogen and oxygen atoms in total. The first-order chi connectivity index (χ1) is 8.63. The number of hydrogen-bond donors (Lipinski definition) is 0. The van der Waals surface area contributed by atoms with Gasteiger partial charge >= 0.3 is 0 Å². The van der Waals surface area contributed by atoms with Gasteiger partial charge in [-0.1, -0.05) is 17.7 Å². The zero-order valence-corrected chi connectivity index (χ0v) is 12.5. The van der Waals surface area contributed by atoms with Crippen LogP contribution in [0.4, 0.5) is 5.69 Å². The molecule has 0 unspecified atom stereocenters. The quantitative estimate of drug-likeness (QED) is 0.799. The van der Waals surface area contributed by atoms with E-state index in [2.05, 4.69) is 15.9 Å². The van der Waals surface area contributed by atoms with E-state index in [0.717, 1.165) is 19.9 Å². The van der Waals surface area contributed by atoms with Crippen LogP contribution in [-0.4, -0.2) is 5.91 Å². The molecule has 0 spiro atoms. The van der Waals surface area contributed by atoms with Crippen LogP contribution >= 0.6 is 38.9 Å². The van der Waals surface area contributed by atoms with Crippen molar-refractivity contribution in [1.29, 1.82) is 0 Å². The Morgan fingerprint density at radius 2 is 2.17 bits per heavy atom. The van der Waals surface area contributed by atoms with Crippen LogP contribution in [0.15, 0.2) is 34.1 Å². The van der Waals surface area contributed by atoms with Gasteiger partial charge in [-0.3, -0.25) is 4.79 Å². The molecule has 0 N–H and O–H groups in total. The molecule has 1 aromatic carbocycles. The van der Waals surface area contributed by atoms with Crippen LogP contribution in [0.3, 0.4) is 0 Å². The maximum Gasteiger partial charge on any atom is 0.231 e. The van der Waals surface area contributed by atoms with Crippen molar-refractivity contribution in [2.24, 2.45) is 0 Å².